The molecule has 1 aromatic carbocycles. The Morgan fingerprint density at radius 1 is 1.15 bits per heavy atom. The van der Waals surface area contributed by atoms with Crippen molar-refractivity contribution >= 4 is 5.91 Å². The first-order chi connectivity index (χ1) is 8.70. The van der Waals surface area contributed by atoms with Gasteiger partial charge in [0.1, 0.15) is 0 Å². The van der Waals surface area contributed by atoms with Crippen LogP contribution in [0.2, 0.25) is 0 Å². The number of benzene rings is 1. The summed E-state index contributed by atoms with van der Waals surface area (Å²) in [5.74, 6) is 0.0878. The van der Waals surface area contributed by atoms with E-state index >= 15 is 0 Å². The molecule has 2 rings (SSSR count). The van der Waals surface area contributed by atoms with Gasteiger partial charge in [-0.15, -0.1) is 6.61 Å². The van der Waals surface area contributed by atoms with Crippen molar-refractivity contribution < 1.29 is 61.3 Å². The molecule has 0 bridgehead atoms. The summed E-state index contributed by atoms with van der Waals surface area (Å²) < 4.78 is 0. The maximum atomic E-state index is 11.1. The van der Waals surface area contributed by atoms with E-state index in [2.05, 4.69) is 0 Å². The molecule has 4 heteroatoms. The van der Waals surface area contributed by atoms with Crippen LogP contribution in [0.5, 0.6) is 0 Å². The van der Waals surface area contributed by atoms with Crippen LogP contribution in [0.15, 0.2) is 18.2 Å². The van der Waals surface area contributed by atoms with Gasteiger partial charge in [0.05, 0.1) is 0 Å². The van der Waals surface area contributed by atoms with Crippen LogP contribution in [-0.4, -0.2) is 10.8 Å². The summed E-state index contributed by atoms with van der Waals surface area (Å²) in [6, 6.07) is 5.70. The molecule has 0 atom stereocenters. The Balaban J connectivity index is -0.000000444. The van der Waals surface area contributed by atoms with Crippen molar-refractivity contribution in [2.75, 3.05) is 0 Å². The predicted molar refractivity (Wildman–Crippen MR) is 79.2 cm³/mol. The molecule has 20 heavy (non-hydrogen) atoms. The number of hydrogen-bond acceptors (Lipinski definition) is 2. The van der Waals surface area contributed by atoms with Crippen LogP contribution in [0.3, 0.4) is 0 Å². The number of rotatable bonds is 1. The molecule has 1 heterocycles. The molecule has 1 aromatic rings. The van der Waals surface area contributed by atoms with Crippen LogP contribution in [-0.2, 0) is 24.5 Å². The zero-order valence-corrected chi connectivity index (χ0v) is 17.2. The smallest absolute Gasteiger partial charge is 0.851 e. The number of amides is 1. The van der Waals surface area contributed by atoms with Crippen LogP contribution >= 0.6 is 0 Å². The third-order valence-electron chi connectivity index (χ3n) is 2.61. The van der Waals surface area contributed by atoms with Crippen molar-refractivity contribution in [1.29, 1.82) is 0 Å². The minimum atomic E-state index is -0.187. The number of carbonyl (C=O) groups is 1. The van der Waals surface area contributed by atoms with E-state index in [0.29, 0.717) is 13.1 Å². The largest absolute Gasteiger partial charge is 1.00 e. The van der Waals surface area contributed by atoms with E-state index in [1.807, 2.05) is 45.9 Å². The van der Waals surface area contributed by atoms with Crippen molar-refractivity contribution in [2.45, 2.75) is 54.3 Å². The van der Waals surface area contributed by atoms with Gasteiger partial charge in [-0.05, 0) is 11.1 Å². The van der Waals surface area contributed by atoms with E-state index in [0.717, 1.165) is 16.7 Å². The Bertz CT molecular complexity index is 381. The first kappa shape index (κ1) is 25.3. The van der Waals surface area contributed by atoms with Crippen LogP contribution in [0.1, 0.15) is 51.3 Å². The zero-order chi connectivity index (χ0) is 14.1. The second-order valence-corrected chi connectivity index (χ2v) is 3.62. The molecule has 0 saturated carbocycles. The minimum Gasteiger partial charge on any atom is -0.851 e. The van der Waals surface area contributed by atoms with Crippen LogP contribution in [0, 0.1) is 7.43 Å². The molecule has 0 fully saturated rings. The van der Waals surface area contributed by atoms with Crippen molar-refractivity contribution in [2.24, 2.45) is 0 Å². The van der Waals surface area contributed by atoms with Crippen molar-refractivity contribution in [3.05, 3.63) is 42.3 Å². The number of carbonyl (C=O) groups excluding carboxylic acids is 1. The number of hydrogen-bond donors (Lipinski definition) is 0. The second kappa shape index (κ2) is 14.2. The summed E-state index contributed by atoms with van der Waals surface area (Å²) in [4.78, 5) is 12.9. The van der Waals surface area contributed by atoms with Gasteiger partial charge in [-0.2, -0.15) is 0 Å². The average molecular weight is 304 g/mol. The molecule has 1 aliphatic heterocycles. The Labute approximate surface area is 167 Å². The normalized spacial score (nSPS) is 10.6. The standard InChI is InChI=1S/C11H12NO2.2C2H6.CH3.K/c1-8(14)12-5-10-3-2-9(7-13)4-11(10)6-12;2*1-2;;/h2-4H,5-7H2,1H3;2*1-2H3;1H3;/q-1;;;-1;+1. The first-order valence-corrected chi connectivity index (χ1v) is 6.65. The molecule has 0 saturated heterocycles. The first-order valence-electron chi connectivity index (χ1n) is 6.65. The van der Waals surface area contributed by atoms with E-state index in [-0.39, 0.29) is 71.3 Å². The van der Waals surface area contributed by atoms with Gasteiger partial charge < -0.3 is 17.4 Å². The monoisotopic (exact) mass is 304 g/mol. The molecule has 0 radical (unpaired) electrons. The topological polar surface area (TPSA) is 43.4 Å². The molecular weight excluding hydrogens is 277 g/mol. The van der Waals surface area contributed by atoms with Gasteiger partial charge in [0.2, 0.25) is 5.91 Å². The molecule has 0 spiro atoms. The van der Waals surface area contributed by atoms with Gasteiger partial charge in [-0.3, -0.25) is 4.79 Å². The van der Waals surface area contributed by atoms with Gasteiger partial charge >= 0.3 is 51.4 Å². The fourth-order valence-corrected chi connectivity index (χ4v) is 1.76. The van der Waals surface area contributed by atoms with Crippen molar-refractivity contribution in [1.82, 2.24) is 4.90 Å². The molecule has 0 unspecified atom stereocenters. The summed E-state index contributed by atoms with van der Waals surface area (Å²) in [7, 11) is 0. The minimum absolute atomic E-state index is 0. The molecule has 3 nitrogen and oxygen atoms in total. The maximum absolute atomic E-state index is 11.1. The third kappa shape index (κ3) is 7.34. The molecule has 1 amide bonds. The zero-order valence-electron chi connectivity index (χ0n) is 14.1. The summed E-state index contributed by atoms with van der Waals surface area (Å²) in [5.41, 5.74) is 3.08. The molecule has 1 aliphatic rings. The summed E-state index contributed by atoms with van der Waals surface area (Å²) >= 11 is 0. The summed E-state index contributed by atoms with van der Waals surface area (Å²) in [5, 5.41) is 10.7. The SMILES string of the molecule is CC.CC.CC(=O)N1Cc2ccc(C[O-])cc2C1.[CH3-].[K+]. The fourth-order valence-electron chi connectivity index (χ4n) is 1.76. The van der Waals surface area contributed by atoms with Gasteiger partial charge in [0.25, 0.3) is 0 Å². The van der Waals surface area contributed by atoms with Crippen LogP contribution in [0.4, 0.5) is 0 Å². The Morgan fingerprint density at radius 2 is 1.65 bits per heavy atom. The van der Waals surface area contributed by atoms with E-state index in [9.17, 15) is 9.90 Å². The van der Waals surface area contributed by atoms with Crippen molar-refractivity contribution in [3.8, 4) is 0 Å². The van der Waals surface area contributed by atoms with E-state index in [4.69, 9.17) is 0 Å². The number of nitrogens with zero attached hydrogens (tertiary/aromatic N) is 1. The van der Waals surface area contributed by atoms with Gasteiger partial charge in [0, 0.05) is 20.0 Å². The molecule has 0 N–H and O–H groups in total. The Morgan fingerprint density at radius 3 is 2.10 bits per heavy atom. The van der Waals surface area contributed by atoms with Crippen LogP contribution < -0.4 is 56.5 Å². The van der Waals surface area contributed by atoms with E-state index in [1.54, 1.807) is 11.8 Å². The fraction of sp³-hybridized carbons (Fsp3) is 0.500. The van der Waals surface area contributed by atoms with Gasteiger partial charge in [-0.25, -0.2) is 0 Å². The summed E-state index contributed by atoms with van der Waals surface area (Å²) in [6.07, 6.45) is 0. The molecule has 0 aromatic heterocycles. The quantitative estimate of drug-likeness (QED) is 0.538. The predicted octanol–water partition coefficient (Wildman–Crippen LogP) is -0.0843. The molecule has 110 valence electrons. The Hall–Kier alpha value is 0.286. The van der Waals surface area contributed by atoms with Crippen molar-refractivity contribution in [3.63, 3.8) is 0 Å². The maximum Gasteiger partial charge on any atom is 1.00 e. The van der Waals surface area contributed by atoms with E-state index < -0.39 is 0 Å². The Kier molecular flexibility index (Phi) is 18.0. The molecule has 0 aliphatic carbocycles. The van der Waals surface area contributed by atoms with Crippen LogP contribution in [0.25, 0.3) is 0 Å². The van der Waals surface area contributed by atoms with Gasteiger partial charge in [-0.1, -0.05) is 51.5 Å². The van der Waals surface area contributed by atoms with E-state index in [1.165, 1.54) is 0 Å². The summed E-state index contributed by atoms with van der Waals surface area (Å²) in [6.45, 7) is 10.7. The second-order valence-electron chi connectivity index (χ2n) is 3.62. The van der Waals surface area contributed by atoms with Gasteiger partial charge in [0.15, 0.2) is 0 Å². The third-order valence-corrected chi connectivity index (χ3v) is 2.61. The number of fused-ring (bicyclic) bond motifs is 1. The average Bonchev–Trinajstić information content (AvgIpc) is 2.86. The molecular formula is C16H27KNO2-.